The number of benzene rings is 2. The highest BCUT2D eigenvalue weighted by molar-refractivity contribution is 8.16. The number of thioether (sulfide) groups is 1. The van der Waals surface area contributed by atoms with Gasteiger partial charge < -0.3 is 0 Å². The summed E-state index contributed by atoms with van der Waals surface area (Å²) in [6.45, 7) is 0. The van der Waals surface area contributed by atoms with E-state index in [0.717, 1.165) is 10.6 Å². The molecule has 0 radical (unpaired) electrons. The Morgan fingerprint density at radius 3 is 2.06 bits per heavy atom. The van der Waals surface area contributed by atoms with Crippen LogP contribution in [0.5, 0.6) is 0 Å². The maximum Gasteiger partial charge on any atom is 0.168 e. The van der Waals surface area contributed by atoms with E-state index in [1.165, 1.54) is 11.8 Å². The Morgan fingerprint density at radius 1 is 0.875 bits per heavy atom. The number of halogens is 1. The fraction of sp³-hybridized carbons (Fsp3) is 0. The Labute approximate surface area is 104 Å². The Bertz CT molecular complexity index is 468. The smallest absolute Gasteiger partial charge is 0.168 e. The zero-order valence-corrected chi connectivity index (χ0v) is 10.1. The summed E-state index contributed by atoms with van der Waals surface area (Å²) in [6, 6.07) is 19.6. The topological polar surface area (TPSA) is 12.4 Å². The van der Waals surface area contributed by atoms with Crippen molar-refractivity contribution in [2.45, 2.75) is 4.90 Å². The number of para-hydroxylation sites is 1. The van der Waals surface area contributed by atoms with E-state index in [-0.39, 0.29) is 0 Å². The number of nitrogens with zero attached hydrogens (tertiary/aromatic N) is 1. The van der Waals surface area contributed by atoms with Gasteiger partial charge >= 0.3 is 0 Å². The summed E-state index contributed by atoms with van der Waals surface area (Å²) in [5, 5.41) is 0. The van der Waals surface area contributed by atoms with E-state index in [1.54, 1.807) is 0 Å². The molecule has 0 saturated carbocycles. The van der Waals surface area contributed by atoms with Crippen LogP contribution in [0.1, 0.15) is 0 Å². The summed E-state index contributed by atoms with van der Waals surface area (Å²) >= 11 is 7.52. The van der Waals surface area contributed by atoms with Crippen molar-refractivity contribution < 1.29 is 0 Å². The third kappa shape index (κ3) is 3.40. The fourth-order valence-corrected chi connectivity index (χ4v) is 2.22. The lowest BCUT2D eigenvalue weighted by Gasteiger charge is -1.98. The summed E-state index contributed by atoms with van der Waals surface area (Å²) in [4.78, 5) is 5.39. The zero-order valence-electron chi connectivity index (χ0n) is 8.51. The molecule has 0 atom stereocenters. The third-order valence-corrected chi connectivity index (χ3v) is 3.00. The molecule has 0 saturated heterocycles. The van der Waals surface area contributed by atoms with Gasteiger partial charge in [-0.25, -0.2) is 4.99 Å². The average Bonchev–Trinajstić information content (AvgIpc) is 2.31. The molecule has 0 aliphatic carbocycles. The average molecular weight is 248 g/mol. The van der Waals surface area contributed by atoms with Crippen LogP contribution in [0.3, 0.4) is 0 Å². The minimum Gasteiger partial charge on any atom is -0.229 e. The second-order valence-electron chi connectivity index (χ2n) is 3.12. The molecule has 16 heavy (non-hydrogen) atoms. The van der Waals surface area contributed by atoms with Crippen LogP contribution < -0.4 is 0 Å². The number of hydrogen-bond donors (Lipinski definition) is 0. The second kappa shape index (κ2) is 5.73. The maximum absolute atomic E-state index is 6.06. The molecule has 1 nitrogen and oxygen atoms in total. The molecule has 0 aromatic heterocycles. The Balaban J connectivity index is 2.09. The van der Waals surface area contributed by atoms with Gasteiger partial charge in [0.15, 0.2) is 4.50 Å². The molecule has 0 N–H and O–H groups in total. The molecule has 2 rings (SSSR count). The highest BCUT2D eigenvalue weighted by Crippen LogP contribution is 2.24. The highest BCUT2D eigenvalue weighted by Gasteiger charge is 1.98. The van der Waals surface area contributed by atoms with Crippen molar-refractivity contribution in [3.8, 4) is 0 Å². The van der Waals surface area contributed by atoms with Gasteiger partial charge in [0, 0.05) is 4.90 Å². The van der Waals surface area contributed by atoms with Gasteiger partial charge in [0.2, 0.25) is 0 Å². The van der Waals surface area contributed by atoms with Gasteiger partial charge in [0.1, 0.15) is 0 Å². The molecule has 0 aliphatic rings. The molecule has 0 amide bonds. The summed E-state index contributed by atoms with van der Waals surface area (Å²) in [5.74, 6) is 0. The van der Waals surface area contributed by atoms with Crippen molar-refractivity contribution in [1.82, 2.24) is 0 Å². The van der Waals surface area contributed by atoms with Crippen LogP contribution in [0.2, 0.25) is 0 Å². The van der Waals surface area contributed by atoms with E-state index in [0.29, 0.717) is 4.50 Å². The van der Waals surface area contributed by atoms with Crippen molar-refractivity contribution in [3.05, 3.63) is 60.7 Å². The molecule has 0 unspecified atom stereocenters. The minimum atomic E-state index is 0.525. The van der Waals surface area contributed by atoms with Crippen LogP contribution in [0, 0.1) is 0 Å². The molecule has 3 heteroatoms. The summed E-state index contributed by atoms with van der Waals surface area (Å²) in [7, 11) is 0. The lowest BCUT2D eigenvalue weighted by Crippen LogP contribution is -1.78. The van der Waals surface area contributed by atoms with Gasteiger partial charge in [0.05, 0.1) is 5.69 Å². The normalized spacial score (nSPS) is 11.4. The molecule has 0 bridgehead atoms. The first-order valence-electron chi connectivity index (χ1n) is 4.87. The maximum atomic E-state index is 6.06. The van der Waals surface area contributed by atoms with Crippen molar-refractivity contribution in [2.24, 2.45) is 4.99 Å². The summed E-state index contributed by atoms with van der Waals surface area (Å²) < 4.78 is 0.525. The van der Waals surface area contributed by atoms with Crippen LogP contribution in [0.15, 0.2) is 70.6 Å². The van der Waals surface area contributed by atoms with Crippen molar-refractivity contribution >= 4 is 33.6 Å². The van der Waals surface area contributed by atoms with E-state index in [4.69, 9.17) is 11.6 Å². The lowest BCUT2D eigenvalue weighted by atomic mass is 10.3. The monoisotopic (exact) mass is 247 g/mol. The molecule has 0 heterocycles. The number of rotatable bonds is 2. The zero-order chi connectivity index (χ0) is 11.2. The Kier molecular flexibility index (Phi) is 4.03. The molecule has 2 aromatic carbocycles. The van der Waals surface area contributed by atoms with Crippen LogP contribution in [-0.4, -0.2) is 4.50 Å². The van der Waals surface area contributed by atoms with E-state index >= 15 is 0 Å². The third-order valence-electron chi connectivity index (χ3n) is 1.92. The first-order valence-corrected chi connectivity index (χ1v) is 6.06. The van der Waals surface area contributed by atoms with Gasteiger partial charge in [-0.15, -0.1) is 0 Å². The van der Waals surface area contributed by atoms with Crippen molar-refractivity contribution in [3.63, 3.8) is 0 Å². The minimum absolute atomic E-state index is 0.525. The molecular formula is C13H10ClNS. The highest BCUT2D eigenvalue weighted by atomic mass is 35.5. The number of aliphatic imine (C=N–C) groups is 1. The predicted octanol–water partition coefficient (Wildman–Crippen LogP) is 4.71. The Hall–Kier alpha value is -1.25. The van der Waals surface area contributed by atoms with Gasteiger partial charge in [-0.2, -0.15) is 0 Å². The van der Waals surface area contributed by atoms with Gasteiger partial charge in [0.25, 0.3) is 0 Å². The molecule has 0 spiro atoms. The quantitative estimate of drug-likeness (QED) is 0.426. The van der Waals surface area contributed by atoms with E-state index in [2.05, 4.69) is 4.99 Å². The fourth-order valence-electron chi connectivity index (χ4n) is 1.21. The largest absolute Gasteiger partial charge is 0.229 e. The van der Waals surface area contributed by atoms with Gasteiger partial charge in [-0.3, -0.25) is 0 Å². The van der Waals surface area contributed by atoms with E-state index in [9.17, 15) is 0 Å². The van der Waals surface area contributed by atoms with Crippen LogP contribution in [0.4, 0.5) is 5.69 Å². The standard InChI is InChI=1S/C13H10ClNS/c14-13(15-11-7-3-1-4-8-11)16-12-9-5-2-6-10-12/h1-10H. The van der Waals surface area contributed by atoms with E-state index in [1.807, 2.05) is 60.7 Å². The van der Waals surface area contributed by atoms with Crippen LogP contribution in [-0.2, 0) is 0 Å². The lowest BCUT2D eigenvalue weighted by molar-refractivity contribution is 1.47. The van der Waals surface area contributed by atoms with Crippen LogP contribution in [0.25, 0.3) is 0 Å². The van der Waals surface area contributed by atoms with Crippen LogP contribution >= 0.6 is 23.4 Å². The van der Waals surface area contributed by atoms with E-state index < -0.39 is 0 Å². The Morgan fingerprint density at radius 2 is 1.44 bits per heavy atom. The molecule has 0 aliphatic heterocycles. The van der Waals surface area contributed by atoms with Gasteiger partial charge in [-0.1, -0.05) is 59.8 Å². The van der Waals surface area contributed by atoms with Crippen molar-refractivity contribution in [2.75, 3.05) is 0 Å². The summed E-state index contributed by atoms with van der Waals surface area (Å²) in [5.41, 5.74) is 0.871. The molecule has 80 valence electrons. The molecule has 0 fully saturated rings. The van der Waals surface area contributed by atoms with Crippen molar-refractivity contribution in [1.29, 1.82) is 0 Å². The summed E-state index contributed by atoms with van der Waals surface area (Å²) in [6.07, 6.45) is 0. The predicted molar refractivity (Wildman–Crippen MR) is 71.7 cm³/mol. The van der Waals surface area contributed by atoms with Gasteiger partial charge in [-0.05, 0) is 24.3 Å². The first kappa shape index (κ1) is 11.2. The molecular weight excluding hydrogens is 238 g/mol. The number of hydrogen-bond acceptors (Lipinski definition) is 2. The molecule has 2 aromatic rings. The SMILES string of the molecule is ClC(=Nc1ccccc1)Sc1ccccc1. The second-order valence-corrected chi connectivity index (χ2v) is 4.76. The first-order chi connectivity index (χ1) is 7.84.